The number of rotatable bonds is 6. The van der Waals surface area contributed by atoms with Gasteiger partial charge in [0.15, 0.2) is 0 Å². The van der Waals surface area contributed by atoms with Gasteiger partial charge in [0.2, 0.25) is 5.91 Å². The number of hydrogen-bond acceptors (Lipinski definition) is 5. The smallest absolute Gasteiger partial charge is 0.255 e. The lowest BCUT2D eigenvalue weighted by Gasteiger charge is -2.38. The van der Waals surface area contributed by atoms with Crippen molar-refractivity contribution in [2.24, 2.45) is 11.8 Å². The molecule has 2 amide bonds. The molecule has 2 unspecified atom stereocenters. The summed E-state index contributed by atoms with van der Waals surface area (Å²) in [5.41, 5.74) is 0.787. The highest BCUT2D eigenvalue weighted by Gasteiger charge is 2.29. The lowest BCUT2D eigenvalue weighted by Crippen LogP contribution is -2.53. The summed E-state index contributed by atoms with van der Waals surface area (Å²) in [6.45, 7) is 9.53. The number of amides is 2. The summed E-state index contributed by atoms with van der Waals surface area (Å²) < 4.78 is 0. The van der Waals surface area contributed by atoms with Gasteiger partial charge in [-0.15, -0.1) is 23.1 Å². The molecule has 3 heterocycles. The van der Waals surface area contributed by atoms with Gasteiger partial charge in [-0.05, 0) is 41.8 Å². The predicted octanol–water partition coefficient (Wildman–Crippen LogP) is 4.30. The highest BCUT2D eigenvalue weighted by atomic mass is 32.2. The number of carbonyl (C=O) groups excluding carboxylic acids is 2. The third-order valence-corrected chi connectivity index (χ3v) is 8.49. The fourth-order valence-electron chi connectivity index (χ4n) is 4.75. The van der Waals surface area contributed by atoms with E-state index in [-0.39, 0.29) is 11.8 Å². The number of piperidine rings is 1. The van der Waals surface area contributed by atoms with E-state index in [4.69, 9.17) is 0 Å². The molecule has 0 N–H and O–H groups in total. The van der Waals surface area contributed by atoms with Crippen LogP contribution < -0.4 is 0 Å². The van der Waals surface area contributed by atoms with Gasteiger partial charge in [-0.25, -0.2) is 0 Å². The molecule has 2 aliphatic heterocycles. The molecule has 0 spiro atoms. The minimum Gasteiger partial charge on any atom is -0.341 e. The van der Waals surface area contributed by atoms with Crippen molar-refractivity contribution in [1.82, 2.24) is 14.7 Å². The normalized spacial score (nSPS) is 22.2. The Morgan fingerprint density at radius 3 is 2.38 bits per heavy atom. The highest BCUT2D eigenvalue weighted by Crippen LogP contribution is 2.29. The Labute approximate surface area is 199 Å². The molecule has 5 nitrogen and oxygen atoms in total. The maximum atomic E-state index is 13.3. The van der Waals surface area contributed by atoms with Gasteiger partial charge in [0, 0.05) is 54.8 Å². The number of nitrogens with zero attached hydrogens (tertiary/aromatic N) is 3. The predicted molar refractivity (Wildman–Crippen MR) is 132 cm³/mol. The Kier molecular flexibility index (Phi) is 7.92. The van der Waals surface area contributed by atoms with Crippen molar-refractivity contribution in [3.8, 4) is 0 Å². The number of thioether (sulfide) groups is 1. The quantitative estimate of drug-likeness (QED) is 0.589. The molecule has 4 rings (SSSR count). The van der Waals surface area contributed by atoms with E-state index >= 15 is 0 Å². The first-order chi connectivity index (χ1) is 15.5. The molecule has 172 valence electrons. The average molecular weight is 472 g/mol. The Hall–Kier alpha value is -1.83. The van der Waals surface area contributed by atoms with Crippen molar-refractivity contribution < 1.29 is 9.59 Å². The van der Waals surface area contributed by atoms with E-state index < -0.39 is 0 Å². The van der Waals surface area contributed by atoms with Crippen LogP contribution in [-0.4, -0.2) is 72.3 Å². The van der Waals surface area contributed by atoms with E-state index in [1.807, 2.05) is 34.1 Å². The molecule has 2 aromatic rings. The molecule has 2 fully saturated rings. The molecule has 2 aliphatic rings. The zero-order valence-corrected chi connectivity index (χ0v) is 20.7. The molecule has 0 bridgehead atoms. The first-order valence-electron chi connectivity index (χ1n) is 11.5. The van der Waals surface area contributed by atoms with Crippen LogP contribution in [0.2, 0.25) is 0 Å². The number of likely N-dealkylation sites (tertiary alicyclic amines) is 1. The number of hydrogen-bond donors (Lipinski definition) is 0. The number of thiophene rings is 1. The lowest BCUT2D eigenvalue weighted by atomic mass is 9.92. The van der Waals surface area contributed by atoms with Crippen LogP contribution in [0.25, 0.3) is 0 Å². The maximum absolute atomic E-state index is 13.3. The Morgan fingerprint density at radius 1 is 0.969 bits per heavy atom. The Morgan fingerprint density at radius 2 is 1.69 bits per heavy atom. The second-order valence-electron chi connectivity index (χ2n) is 9.18. The van der Waals surface area contributed by atoms with Gasteiger partial charge >= 0.3 is 0 Å². The van der Waals surface area contributed by atoms with Crippen LogP contribution >= 0.6 is 23.1 Å². The minimum atomic E-state index is 0.101. The first kappa shape index (κ1) is 23.3. The SMILES string of the molecule is CC1CC(C)CN(C(=O)CN2CCN(C(=O)c3ccccc3SCc3cccs3)CC2)C1. The van der Waals surface area contributed by atoms with Crippen LogP contribution in [0.15, 0.2) is 46.7 Å². The fourth-order valence-corrected chi connectivity index (χ4v) is 6.57. The van der Waals surface area contributed by atoms with Gasteiger partial charge in [0.25, 0.3) is 5.91 Å². The van der Waals surface area contributed by atoms with E-state index in [2.05, 4.69) is 36.3 Å². The zero-order chi connectivity index (χ0) is 22.5. The number of benzene rings is 1. The van der Waals surface area contributed by atoms with Crippen molar-refractivity contribution in [1.29, 1.82) is 0 Å². The largest absolute Gasteiger partial charge is 0.341 e. The molecule has 1 aromatic carbocycles. The summed E-state index contributed by atoms with van der Waals surface area (Å²) in [5, 5.41) is 2.09. The van der Waals surface area contributed by atoms with Crippen molar-refractivity contribution in [3.05, 3.63) is 52.2 Å². The summed E-state index contributed by atoms with van der Waals surface area (Å²) >= 11 is 3.47. The highest BCUT2D eigenvalue weighted by molar-refractivity contribution is 7.98. The van der Waals surface area contributed by atoms with Crippen LogP contribution in [0.3, 0.4) is 0 Å². The molecule has 7 heteroatoms. The molecule has 32 heavy (non-hydrogen) atoms. The standard InChI is InChI=1S/C25H33N3O2S2/c1-19-14-20(2)16-28(15-19)24(29)17-26-9-11-27(12-10-26)25(30)22-7-3-4-8-23(22)32-18-21-6-5-13-31-21/h3-8,13,19-20H,9-12,14-18H2,1-2H3. The topological polar surface area (TPSA) is 43.9 Å². The molecule has 2 atom stereocenters. The van der Waals surface area contributed by atoms with Crippen LogP contribution in [0.5, 0.6) is 0 Å². The monoisotopic (exact) mass is 471 g/mol. The van der Waals surface area contributed by atoms with Crippen LogP contribution in [0.1, 0.15) is 35.5 Å². The van der Waals surface area contributed by atoms with E-state index in [9.17, 15) is 9.59 Å². The average Bonchev–Trinajstić information content (AvgIpc) is 3.31. The molecule has 0 saturated carbocycles. The Balaban J connectivity index is 1.30. The van der Waals surface area contributed by atoms with Gasteiger partial charge in [0.05, 0.1) is 12.1 Å². The van der Waals surface area contributed by atoms with Crippen LogP contribution in [0.4, 0.5) is 0 Å². The molecule has 2 saturated heterocycles. The fraction of sp³-hybridized carbons (Fsp3) is 0.520. The van der Waals surface area contributed by atoms with Gasteiger partial charge in [0.1, 0.15) is 0 Å². The molecule has 0 aliphatic carbocycles. The second kappa shape index (κ2) is 10.9. The van der Waals surface area contributed by atoms with Crippen molar-refractivity contribution in [3.63, 3.8) is 0 Å². The molecule has 0 radical (unpaired) electrons. The zero-order valence-electron chi connectivity index (χ0n) is 19.0. The minimum absolute atomic E-state index is 0.101. The number of piperazine rings is 1. The Bertz CT molecular complexity index is 900. The van der Waals surface area contributed by atoms with E-state index in [1.54, 1.807) is 23.1 Å². The van der Waals surface area contributed by atoms with Gasteiger partial charge in [-0.2, -0.15) is 0 Å². The van der Waals surface area contributed by atoms with Crippen LogP contribution in [-0.2, 0) is 10.5 Å². The number of carbonyl (C=O) groups is 2. The molecule has 1 aromatic heterocycles. The second-order valence-corrected chi connectivity index (χ2v) is 11.2. The third-order valence-electron chi connectivity index (χ3n) is 6.31. The van der Waals surface area contributed by atoms with Crippen molar-refractivity contribution in [2.45, 2.75) is 30.9 Å². The van der Waals surface area contributed by atoms with Gasteiger partial charge in [-0.3, -0.25) is 14.5 Å². The van der Waals surface area contributed by atoms with Gasteiger partial charge < -0.3 is 9.80 Å². The third kappa shape index (κ3) is 5.94. The molecular formula is C25H33N3O2S2. The summed E-state index contributed by atoms with van der Waals surface area (Å²) in [6, 6.07) is 12.1. The summed E-state index contributed by atoms with van der Waals surface area (Å²) in [7, 11) is 0. The van der Waals surface area contributed by atoms with Crippen molar-refractivity contribution in [2.75, 3.05) is 45.8 Å². The maximum Gasteiger partial charge on any atom is 0.255 e. The van der Waals surface area contributed by atoms with Gasteiger partial charge in [-0.1, -0.05) is 32.0 Å². The molecular weight excluding hydrogens is 438 g/mol. The summed E-state index contributed by atoms with van der Waals surface area (Å²) in [5.74, 6) is 2.37. The van der Waals surface area contributed by atoms with E-state index in [1.165, 1.54) is 11.3 Å². The van der Waals surface area contributed by atoms with Crippen LogP contribution in [0, 0.1) is 11.8 Å². The van der Waals surface area contributed by atoms with E-state index in [0.717, 1.165) is 42.4 Å². The lowest BCUT2D eigenvalue weighted by molar-refractivity contribution is -0.135. The first-order valence-corrected chi connectivity index (χ1v) is 13.4. The summed E-state index contributed by atoms with van der Waals surface area (Å²) in [4.78, 5) is 34.6. The van der Waals surface area contributed by atoms with Crippen molar-refractivity contribution >= 4 is 34.9 Å². The van der Waals surface area contributed by atoms with E-state index in [0.29, 0.717) is 31.5 Å². The summed E-state index contributed by atoms with van der Waals surface area (Å²) in [6.07, 6.45) is 1.21.